The van der Waals surface area contributed by atoms with Gasteiger partial charge in [-0.15, -0.1) is 0 Å². The van der Waals surface area contributed by atoms with E-state index in [1.807, 2.05) is 31.2 Å². The van der Waals surface area contributed by atoms with Gasteiger partial charge in [0.15, 0.2) is 0 Å². The van der Waals surface area contributed by atoms with Crippen molar-refractivity contribution in [1.29, 1.82) is 0 Å². The van der Waals surface area contributed by atoms with Crippen molar-refractivity contribution < 1.29 is 13.5 Å². The average Bonchev–Trinajstić information content (AvgIpc) is 2.36. The van der Waals surface area contributed by atoms with Gasteiger partial charge in [-0.3, -0.25) is 0 Å². The second-order valence-corrected chi connectivity index (χ2v) is 7.18. The first-order valence-corrected chi connectivity index (χ1v) is 8.16. The van der Waals surface area contributed by atoms with Crippen LogP contribution in [0.3, 0.4) is 0 Å². The zero-order valence-corrected chi connectivity index (χ0v) is 11.9. The number of benzene rings is 1. The molecule has 0 heterocycles. The van der Waals surface area contributed by atoms with Crippen LogP contribution >= 0.6 is 0 Å². The summed E-state index contributed by atoms with van der Waals surface area (Å²) < 4.78 is 22.9. The van der Waals surface area contributed by atoms with E-state index in [0.29, 0.717) is 6.42 Å². The van der Waals surface area contributed by atoms with Crippen molar-refractivity contribution >= 4 is 9.84 Å². The second kappa shape index (κ2) is 6.90. The number of sulfone groups is 1. The van der Waals surface area contributed by atoms with Crippen LogP contribution in [0.25, 0.3) is 0 Å². The summed E-state index contributed by atoms with van der Waals surface area (Å²) in [6.45, 7) is 3.73. The first kappa shape index (κ1) is 15.2. The van der Waals surface area contributed by atoms with E-state index in [4.69, 9.17) is 0 Å². The lowest BCUT2D eigenvalue weighted by atomic mass is 9.95. The standard InChI is InChI=1S/C14H22O3S/c1-3-18(16,17)9-8-13(11-15)10-14-7-5-4-6-12(14)2/h4-7,13,15H,3,8-11H2,1-2H3. The van der Waals surface area contributed by atoms with E-state index in [1.165, 1.54) is 11.1 Å². The lowest BCUT2D eigenvalue weighted by Crippen LogP contribution is -2.17. The summed E-state index contributed by atoms with van der Waals surface area (Å²) in [7, 11) is -2.94. The minimum atomic E-state index is -2.94. The molecule has 18 heavy (non-hydrogen) atoms. The van der Waals surface area contributed by atoms with Gasteiger partial charge in [0, 0.05) is 12.4 Å². The van der Waals surface area contributed by atoms with Crippen molar-refractivity contribution in [3.05, 3.63) is 35.4 Å². The van der Waals surface area contributed by atoms with Gasteiger partial charge >= 0.3 is 0 Å². The Hall–Kier alpha value is -0.870. The highest BCUT2D eigenvalue weighted by atomic mass is 32.2. The third kappa shape index (κ3) is 4.78. The third-order valence-corrected chi connectivity index (χ3v) is 5.04. The van der Waals surface area contributed by atoms with Crippen LogP contribution in [0.15, 0.2) is 24.3 Å². The van der Waals surface area contributed by atoms with Gasteiger partial charge in [-0.25, -0.2) is 8.42 Å². The van der Waals surface area contributed by atoms with Crippen molar-refractivity contribution in [1.82, 2.24) is 0 Å². The molecule has 1 atom stereocenters. The quantitative estimate of drug-likeness (QED) is 0.824. The van der Waals surface area contributed by atoms with Gasteiger partial charge in [0.05, 0.1) is 5.75 Å². The van der Waals surface area contributed by atoms with Crippen LogP contribution in [0.2, 0.25) is 0 Å². The third-order valence-electron chi connectivity index (χ3n) is 3.30. The molecule has 0 spiro atoms. The van der Waals surface area contributed by atoms with E-state index in [2.05, 4.69) is 0 Å². The molecule has 0 aliphatic heterocycles. The molecule has 1 N–H and O–H groups in total. The average molecular weight is 270 g/mol. The Bertz CT molecular complexity index is 466. The zero-order valence-electron chi connectivity index (χ0n) is 11.1. The first-order valence-electron chi connectivity index (χ1n) is 6.34. The van der Waals surface area contributed by atoms with Gasteiger partial charge in [0.25, 0.3) is 0 Å². The molecular weight excluding hydrogens is 248 g/mol. The Morgan fingerprint density at radius 2 is 1.94 bits per heavy atom. The Kier molecular flexibility index (Phi) is 5.82. The van der Waals surface area contributed by atoms with Crippen molar-refractivity contribution in [2.75, 3.05) is 18.1 Å². The molecule has 102 valence electrons. The fourth-order valence-corrected chi connectivity index (χ4v) is 2.88. The van der Waals surface area contributed by atoms with Crippen molar-refractivity contribution in [2.45, 2.75) is 26.7 Å². The highest BCUT2D eigenvalue weighted by Gasteiger charge is 2.14. The first-order chi connectivity index (χ1) is 8.48. The molecule has 0 radical (unpaired) electrons. The SMILES string of the molecule is CCS(=O)(=O)CCC(CO)Cc1ccccc1C. The maximum atomic E-state index is 11.5. The van der Waals surface area contributed by atoms with E-state index < -0.39 is 9.84 Å². The molecule has 1 unspecified atom stereocenters. The van der Waals surface area contributed by atoms with Crippen LogP contribution in [0, 0.1) is 12.8 Å². The van der Waals surface area contributed by atoms with Gasteiger partial charge in [0.1, 0.15) is 9.84 Å². The van der Waals surface area contributed by atoms with Crippen LogP contribution in [0.5, 0.6) is 0 Å². The van der Waals surface area contributed by atoms with Gasteiger partial charge in [0.2, 0.25) is 0 Å². The van der Waals surface area contributed by atoms with Gasteiger partial charge < -0.3 is 5.11 Å². The molecule has 0 saturated heterocycles. The minimum Gasteiger partial charge on any atom is -0.396 e. The van der Waals surface area contributed by atoms with Crippen LogP contribution in [0.1, 0.15) is 24.5 Å². The normalized spacial score (nSPS) is 13.5. The predicted octanol–water partition coefficient (Wildman–Crippen LogP) is 1.97. The van der Waals surface area contributed by atoms with Crippen LogP contribution in [-0.4, -0.2) is 31.6 Å². The number of rotatable bonds is 7. The van der Waals surface area contributed by atoms with Crippen molar-refractivity contribution in [2.24, 2.45) is 5.92 Å². The largest absolute Gasteiger partial charge is 0.396 e. The van der Waals surface area contributed by atoms with E-state index in [9.17, 15) is 13.5 Å². The fraction of sp³-hybridized carbons (Fsp3) is 0.571. The number of aryl methyl sites for hydroxylation is 1. The predicted molar refractivity (Wildman–Crippen MR) is 74.4 cm³/mol. The molecule has 3 nitrogen and oxygen atoms in total. The summed E-state index contributed by atoms with van der Waals surface area (Å²) in [5.41, 5.74) is 2.37. The molecular formula is C14H22O3S. The Morgan fingerprint density at radius 1 is 1.28 bits per heavy atom. The molecule has 4 heteroatoms. The highest BCUT2D eigenvalue weighted by molar-refractivity contribution is 7.91. The number of hydrogen-bond donors (Lipinski definition) is 1. The molecule has 0 bridgehead atoms. The molecule has 1 rings (SSSR count). The summed E-state index contributed by atoms with van der Waals surface area (Å²) >= 11 is 0. The van der Waals surface area contributed by atoms with Gasteiger partial charge in [-0.05, 0) is 36.8 Å². The highest BCUT2D eigenvalue weighted by Crippen LogP contribution is 2.16. The lowest BCUT2D eigenvalue weighted by molar-refractivity contribution is 0.222. The maximum Gasteiger partial charge on any atom is 0.150 e. The van der Waals surface area contributed by atoms with E-state index in [0.717, 1.165) is 6.42 Å². The molecule has 0 amide bonds. The smallest absolute Gasteiger partial charge is 0.150 e. The van der Waals surface area contributed by atoms with E-state index >= 15 is 0 Å². The summed E-state index contributed by atoms with van der Waals surface area (Å²) in [5, 5.41) is 9.35. The molecule has 0 aliphatic rings. The molecule has 0 fully saturated rings. The van der Waals surface area contributed by atoms with Crippen molar-refractivity contribution in [3.8, 4) is 0 Å². The number of aliphatic hydroxyl groups is 1. The Balaban J connectivity index is 2.61. The second-order valence-electron chi connectivity index (χ2n) is 4.70. The van der Waals surface area contributed by atoms with E-state index in [-0.39, 0.29) is 24.0 Å². The zero-order chi connectivity index (χ0) is 13.6. The molecule has 0 aromatic heterocycles. The summed E-state index contributed by atoms with van der Waals surface area (Å²) in [4.78, 5) is 0. The van der Waals surface area contributed by atoms with Gasteiger partial charge in [-0.1, -0.05) is 31.2 Å². The summed E-state index contributed by atoms with van der Waals surface area (Å²) in [6.07, 6.45) is 1.27. The summed E-state index contributed by atoms with van der Waals surface area (Å²) in [5.74, 6) is 0.364. The fourth-order valence-electron chi connectivity index (χ4n) is 1.90. The van der Waals surface area contributed by atoms with Crippen LogP contribution in [-0.2, 0) is 16.3 Å². The molecule has 1 aromatic carbocycles. The monoisotopic (exact) mass is 270 g/mol. The molecule has 0 aliphatic carbocycles. The Labute approximate surface area is 110 Å². The topological polar surface area (TPSA) is 54.4 Å². The minimum absolute atomic E-state index is 0.0208. The lowest BCUT2D eigenvalue weighted by Gasteiger charge is -2.15. The van der Waals surface area contributed by atoms with Crippen molar-refractivity contribution in [3.63, 3.8) is 0 Å². The van der Waals surface area contributed by atoms with Crippen LogP contribution in [0.4, 0.5) is 0 Å². The summed E-state index contributed by atoms with van der Waals surface area (Å²) in [6, 6.07) is 8.02. The number of aliphatic hydroxyl groups excluding tert-OH is 1. The maximum absolute atomic E-state index is 11.5. The van der Waals surface area contributed by atoms with Crippen LogP contribution < -0.4 is 0 Å². The molecule has 1 aromatic rings. The van der Waals surface area contributed by atoms with E-state index in [1.54, 1.807) is 6.92 Å². The molecule has 0 saturated carbocycles. The number of hydrogen-bond acceptors (Lipinski definition) is 3. The van der Waals surface area contributed by atoms with Gasteiger partial charge in [-0.2, -0.15) is 0 Å². The Morgan fingerprint density at radius 3 is 2.50 bits per heavy atom.